The highest BCUT2D eigenvalue weighted by molar-refractivity contribution is 6.00. The molecule has 1 atom stereocenters. The highest BCUT2D eigenvalue weighted by Crippen LogP contribution is 2.40. The van der Waals surface area contributed by atoms with Crippen LogP contribution in [0.25, 0.3) is 5.65 Å². The zero-order chi connectivity index (χ0) is 20.1. The molecule has 2 aliphatic rings. The van der Waals surface area contributed by atoms with Gasteiger partial charge in [-0.3, -0.25) is 4.79 Å². The van der Waals surface area contributed by atoms with E-state index in [0.717, 1.165) is 35.8 Å². The maximum absolute atomic E-state index is 13.7. The van der Waals surface area contributed by atoms with E-state index in [9.17, 15) is 18.0 Å². The van der Waals surface area contributed by atoms with Gasteiger partial charge in [0.1, 0.15) is 17.1 Å². The lowest BCUT2D eigenvalue weighted by atomic mass is 10.0. The number of nitrogens with zero attached hydrogens (tertiary/aromatic N) is 4. The van der Waals surface area contributed by atoms with Crippen LogP contribution >= 0.6 is 0 Å². The highest BCUT2D eigenvalue weighted by Gasteiger charge is 2.34. The standard InChI is InChI=1S/C21H19F3N4O/c22-14-4-1-3-13(9-14)17-5-2-8-27(17)21(29)15-11-25-28-18(19(23)24)10-16(12-6-7-12)26-20(15)28/h1,3-4,9-12,17,19H,2,5-8H2/t17-/m0/s1. The third-order valence-corrected chi connectivity index (χ3v) is 5.72. The highest BCUT2D eigenvalue weighted by atomic mass is 19.3. The van der Waals surface area contributed by atoms with Gasteiger partial charge in [-0.25, -0.2) is 22.7 Å². The summed E-state index contributed by atoms with van der Waals surface area (Å²) in [5.74, 6) is -0.496. The summed E-state index contributed by atoms with van der Waals surface area (Å²) in [7, 11) is 0. The number of benzene rings is 1. The predicted octanol–water partition coefficient (Wildman–Crippen LogP) is 4.66. The Kier molecular flexibility index (Phi) is 4.29. The van der Waals surface area contributed by atoms with Gasteiger partial charge in [-0.1, -0.05) is 12.1 Å². The summed E-state index contributed by atoms with van der Waals surface area (Å²) in [6.45, 7) is 0.515. The minimum absolute atomic E-state index is 0.166. The first kappa shape index (κ1) is 18.1. The van der Waals surface area contributed by atoms with Gasteiger partial charge in [0.15, 0.2) is 5.65 Å². The van der Waals surface area contributed by atoms with E-state index >= 15 is 0 Å². The van der Waals surface area contributed by atoms with Gasteiger partial charge in [0, 0.05) is 18.2 Å². The molecule has 0 radical (unpaired) electrons. The molecule has 5 nitrogen and oxygen atoms in total. The van der Waals surface area contributed by atoms with E-state index in [-0.39, 0.29) is 40.6 Å². The van der Waals surface area contributed by atoms with Crippen molar-refractivity contribution in [1.82, 2.24) is 19.5 Å². The fourth-order valence-corrected chi connectivity index (χ4v) is 4.13. The Balaban J connectivity index is 1.55. The first-order valence-electron chi connectivity index (χ1n) is 9.76. The first-order valence-corrected chi connectivity index (χ1v) is 9.76. The molecule has 0 spiro atoms. The Labute approximate surface area is 165 Å². The summed E-state index contributed by atoms with van der Waals surface area (Å²) in [6, 6.07) is 7.36. The van der Waals surface area contributed by atoms with Gasteiger partial charge < -0.3 is 4.90 Å². The molecule has 5 rings (SSSR count). The second-order valence-corrected chi connectivity index (χ2v) is 7.69. The molecule has 2 aromatic heterocycles. The number of carbonyl (C=O) groups is 1. The number of fused-ring (bicyclic) bond motifs is 1. The number of amides is 1. The Hall–Kier alpha value is -2.90. The molecular formula is C21H19F3N4O. The van der Waals surface area contributed by atoms with E-state index in [0.29, 0.717) is 12.2 Å². The number of carbonyl (C=O) groups excluding carboxylic acids is 1. The van der Waals surface area contributed by atoms with Gasteiger partial charge in [0.05, 0.1) is 12.2 Å². The van der Waals surface area contributed by atoms with Crippen molar-refractivity contribution in [1.29, 1.82) is 0 Å². The SMILES string of the molecule is O=C(c1cnn2c(C(F)F)cc(C3CC3)nc12)N1CCC[C@H]1c1cccc(F)c1. The molecule has 1 aliphatic carbocycles. The van der Waals surface area contributed by atoms with Crippen LogP contribution < -0.4 is 0 Å². The van der Waals surface area contributed by atoms with Crippen LogP contribution in [0, 0.1) is 5.82 Å². The lowest BCUT2D eigenvalue weighted by Crippen LogP contribution is -2.30. The third-order valence-electron chi connectivity index (χ3n) is 5.72. The topological polar surface area (TPSA) is 50.5 Å². The predicted molar refractivity (Wildman–Crippen MR) is 99.3 cm³/mol. The first-order chi connectivity index (χ1) is 14.0. The van der Waals surface area contributed by atoms with E-state index in [4.69, 9.17) is 0 Å². The van der Waals surface area contributed by atoms with E-state index in [1.165, 1.54) is 24.4 Å². The molecule has 1 amide bonds. The van der Waals surface area contributed by atoms with Crippen LogP contribution in [0.4, 0.5) is 13.2 Å². The lowest BCUT2D eigenvalue weighted by molar-refractivity contribution is 0.0737. The smallest absolute Gasteiger partial charge is 0.280 e. The normalized spacial score (nSPS) is 19.4. The Morgan fingerprint density at radius 1 is 1.17 bits per heavy atom. The lowest BCUT2D eigenvalue weighted by Gasteiger charge is -2.24. The fourth-order valence-electron chi connectivity index (χ4n) is 4.13. The van der Waals surface area contributed by atoms with Gasteiger partial charge in [0.25, 0.3) is 12.3 Å². The fraction of sp³-hybridized carbons (Fsp3) is 0.381. The van der Waals surface area contributed by atoms with Crippen LogP contribution in [0.3, 0.4) is 0 Å². The zero-order valence-electron chi connectivity index (χ0n) is 15.6. The molecule has 0 bridgehead atoms. The van der Waals surface area contributed by atoms with Crippen molar-refractivity contribution in [2.45, 2.75) is 44.1 Å². The van der Waals surface area contributed by atoms with Crippen LogP contribution in [-0.2, 0) is 0 Å². The van der Waals surface area contributed by atoms with Crippen molar-refractivity contribution in [2.24, 2.45) is 0 Å². The average Bonchev–Trinajstić information content (AvgIpc) is 3.28. The molecular weight excluding hydrogens is 381 g/mol. The number of hydrogen-bond acceptors (Lipinski definition) is 3. The summed E-state index contributed by atoms with van der Waals surface area (Å²) in [5.41, 5.74) is 1.44. The van der Waals surface area contributed by atoms with Gasteiger partial charge in [-0.05, 0) is 49.4 Å². The number of aromatic nitrogens is 3. The minimum atomic E-state index is -2.72. The largest absolute Gasteiger partial charge is 0.331 e. The van der Waals surface area contributed by atoms with Crippen LogP contribution in [0.5, 0.6) is 0 Å². The van der Waals surface area contributed by atoms with Crippen LogP contribution in [0.1, 0.15) is 71.4 Å². The summed E-state index contributed by atoms with van der Waals surface area (Å²) < 4.78 is 41.9. The summed E-state index contributed by atoms with van der Waals surface area (Å²) in [4.78, 5) is 19.5. The molecule has 3 heterocycles. The molecule has 1 saturated heterocycles. The number of likely N-dealkylation sites (tertiary alicyclic amines) is 1. The molecule has 1 saturated carbocycles. The van der Waals surface area contributed by atoms with Gasteiger partial charge in [-0.2, -0.15) is 5.10 Å². The van der Waals surface area contributed by atoms with Crippen LogP contribution in [0.2, 0.25) is 0 Å². The molecule has 0 N–H and O–H groups in total. The molecule has 1 aromatic carbocycles. The summed E-state index contributed by atoms with van der Waals surface area (Å²) in [6.07, 6.45) is 1.93. The molecule has 29 heavy (non-hydrogen) atoms. The quantitative estimate of drug-likeness (QED) is 0.640. The molecule has 3 aromatic rings. The molecule has 8 heteroatoms. The third kappa shape index (κ3) is 3.16. The van der Waals surface area contributed by atoms with Gasteiger partial charge in [-0.15, -0.1) is 0 Å². The van der Waals surface area contributed by atoms with Crippen LogP contribution in [-0.4, -0.2) is 31.9 Å². The maximum Gasteiger partial charge on any atom is 0.280 e. The monoisotopic (exact) mass is 400 g/mol. The number of hydrogen-bond donors (Lipinski definition) is 0. The Morgan fingerprint density at radius 3 is 2.72 bits per heavy atom. The van der Waals surface area contributed by atoms with E-state index in [1.807, 2.05) is 0 Å². The van der Waals surface area contributed by atoms with Crippen molar-refractivity contribution in [2.75, 3.05) is 6.54 Å². The molecule has 150 valence electrons. The number of alkyl halides is 2. The zero-order valence-corrected chi connectivity index (χ0v) is 15.6. The second-order valence-electron chi connectivity index (χ2n) is 7.69. The van der Waals surface area contributed by atoms with Crippen molar-refractivity contribution in [3.8, 4) is 0 Å². The summed E-state index contributed by atoms with van der Waals surface area (Å²) >= 11 is 0. The van der Waals surface area contributed by atoms with Crippen LogP contribution in [0.15, 0.2) is 36.5 Å². The van der Waals surface area contributed by atoms with E-state index in [2.05, 4.69) is 10.1 Å². The van der Waals surface area contributed by atoms with Gasteiger partial charge >= 0.3 is 0 Å². The molecule has 2 fully saturated rings. The molecule has 0 unspecified atom stereocenters. The minimum Gasteiger partial charge on any atom is -0.331 e. The van der Waals surface area contributed by atoms with Crippen molar-refractivity contribution in [3.63, 3.8) is 0 Å². The summed E-state index contributed by atoms with van der Waals surface area (Å²) in [5, 5.41) is 4.03. The van der Waals surface area contributed by atoms with Crippen molar-refractivity contribution >= 4 is 11.6 Å². The van der Waals surface area contributed by atoms with Gasteiger partial charge in [0.2, 0.25) is 0 Å². The average molecular weight is 400 g/mol. The van der Waals surface area contributed by atoms with Crippen molar-refractivity contribution < 1.29 is 18.0 Å². The molecule has 1 aliphatic heterocycles. The maximum atomic E-state index is 13.7. The number of rotatable bonds is 4. The van der Waals surface area contributed by atoms with E-state index < -0.39 is 6.43 Å². The Morgan fingerprint density at radius 2 is 2.00 bits per heavy atom. The van der Waals surface area contributed by atoms with Crippen molar-refractivity contribution in [3.05, 3.63) is 64.9 Å². The van der Waals surface area contributed by atoms with E-state index in [1.54, 1.807) is 17.0 Å². The Bertz CT molecular complexity index is 1090. The second kappa shape index (κ2) is 6.86. The number of halogens is 3.